The van der Waals surface area contributed by atoms with Gasteiger partial charge in [-0.3, -0.25) is 4.79 Å². The molecular formula is C16H14ClNO5. The molecule has 2 rings (SSSR count). The van der Waals surface area contributed by atoms with Crippen LogP contribution in [-0.2, 0) is 4.79 Å². The number of aromatic carboxylic acids is 1. The molecule has 0 radical (unpaired) electrons. The number of aromatic hydroxyl groups is 1. The van der Waals surface area contributed by atoms with Crippen LogP contribution in [0.25, 0.3) is 0 Å². The molecule has 0 aliphatic carbocycles. The number of phenolic OH excluding ortho intramolecular Hbond substituents is 1. The van der Waals surface area contributed by atoms with Crippen molar-refractivity contribution in [2.75, 3.05) is 5.32 Å². The molecule has 1 amide bonds. The molecule has 0 aromatic heterocycles. The predicted octanol–water partition coefficient (Wildman–Crippen LogP) is 3.15. The summed E-state index contributed by atoms with van der Waals surface area (Å²) < 4.78 is 5.45. The van der Waals surface area contributed by atoms with Crippen molar-refractivity contribution in [3.05, 3.63) is 53.1 Å². The average Bonchev–Trinajstić information content (AvgIpc) is 2.51. The monoisotopic (exact) mass is 335 g/mol. The molecule has 2 aromatic rings. The van der Waals surface area contributed by atoms with Gasteiger partial charge in [0.25, 0.3) is 5.91 Å². The maximum Gasteiger partial charge on any atom is 0.335 e. The lowest BCUT2D eigenvalue weighted by molar-refractivity contribution is -0.122. The maximum absolute atomic E-state index is 12.1. The maximum atomic E-state index is 12.1. The van der Waals surface area contributed by atoms with Gasteiger partial charge >= 0.3 is 5.97 Å². The Morgan fingerprint density at radius 1 is 1.17 bits per heavy atom. The number of carbonyl (C=O) groups is 2. The predicted molar refractivity (Wildman–Crippen MR) is 85.2 cm³/mol. The van der Waals surface area contributed by atoms with Crippen LogP contribution in [-0.4, -0.2) is 28.2 Å². The molecule has 23 heavy (non-hydrogen) atoms. The van der Waals surface area contributed by atoms with Crippen LogP contribution in [0.3, 0.4) is 0 Å². The van der Waals surface area contributed by atoms with Crippen LogP contribution in [0.2, 0.25) is 5.02 Å². The second kappa shape index (κ2) is 7.02. The smallest absolute Gasteiger partial charge is 0.335 e. The van der Waals surface area contributed by atoms with E-state index in [2.05, 4.69) is 5.32 Å². The van der Waals surface area contributed by atoms with Crippen LogP contribution in [0.15, 0.2) is 42.5 Å². The van der Waals surface area contributed by atoms with Gasteiger partial charge in [-0.1, -0.05) is 11.6 Å². The first-order chi connectivity index (χ1) is 10.9. The lowest BCUT2D eigenvalue weighted by Crippen LogP contribution is -2.30. The third kappa shape index (κ3) is 4.37. The lowest BCUT2D eigenvalue weighted by Gasteiger charge is -2.15. The highest BCUT2D eigenvalue weighted by molar-refractivity contribution is 6.30. The molecule has 0 heterocycles. The average molecular weight is 336 g/mol. The Hall–Kier alpha value is -2.73. The number of benzene rings is 2. The number of anilines is 1. The second-order valence-corrected chi connectivity index (χ2v) is 5.18. The summed E-state index contributed by atoms with van der Waals surface area (Å²) >= 11 is 5.77. The SMILES string of the molecule is CC(Oc1ccc(Cl)cc1)C(=O)Nc1cc(C(=O)O)ccc1O. The minimum atomic E-state index is -1.16. The van der Waals surface area contributed by atoms with Crippen LogP contribution < -0.4 is 10.1 Å². The van der Waals surface area contributed by atoms with Crippen LogP contribution in [0.1, 0.15) is 17.3 Å². The highest BCUT2D eigenvalue weighted by Crippen LogP contribution is 2.25. The Morgan fingerprint density at radius 2 is 1.83 bits per heavy atom. The summed E-state index contributed by atoms with van der Waals surface area (Å²) in [4.78, 5) is 23.0. The molecule has 6 nitrogen and oxygen atoms in total. The lowest BCUT2D eigenvalue weighted by atomic mass is 10.2. The van der Waals surface area contributed by atoms with E-state index in [0.29, 0.717) is 10.8 Å². The zero-order valence-electron chi connectivity index (χ0n) is 12.1. The van der Waals surface area contributed by atoms with E-state index < -0.39 is 18.0 Å². The number of carboxylic acid groups (broad SMARTS) is 1. The quantitative estimate of drug-likeness (QED) is 0.729. The number of hydrogen-bond donors (Lipinski definition) is 3. The van der Waals surface area contributed by atoms with Gasteiger partial charge < -0.3 is 20.3 Å². The topological polar surface area (TPSA) is 95.9 Å². The minimum absolute atomic E-state index is 0.00135. The van der Waals surface area contributed by atoms with Crippen LogP contribution >= 0.6 is 11.6 Å². The number of amides is 1. The van der Waals surface area contributed by atoms with E-state index in [9.17, 15) is 14.7 Å². The van der Waals surface area contributed by atoms with Gasteiger partial charge in [-0.15, -0.1) is 0 Å². The molecule has 0 fully saturated rings. The molecule has 3 N–H and O–H groups in total. The van der Waals surface area contributed by atoms with E-state index in [1.807, 2.05) is 0 Å². The summed E-state index contributed by atoms with van der Waals surface area (Å²) in [6, 6.07) is 10.1. The molecule has 1 unspecified atom stereocenters. The molecule has 120 valence electrons. The Balaban J connectivity index is 2.07. The van der Waals surface area contributed by atoms with Gasteiger partial charge in [0.2, 0.25) is 0 Å². The zero-order valence-corrected chi connectivity index (χ0v) is 12.9. The molecule has 0 spiro atoms. The van der Waals surface area contributed by atoms with Crippen molar-refractivity contribution in [1.82, 2.24) is 0 Å². The molecule has 0 aliphatic rings. The first kappa shape index (κ1) is 16.6. The normalized spacial score (nSPS) is 11.6. The summed E-state index contributed by atoms with van der Waals surface area (Å²) in [7, 11) is 0. The van der Waals surface area contributed by atoms with Gasteiger partial charge in [0, 0.05) is 5.02 Å². The standard InChI is InChI=1S/C16H14ClNO5/c1-9(23-12-5-3-11(17)4-6-12)15(20)18-13-8-10(16(21)22)2-7-14(13)19/h2-9,19H,1H3,(H,18,20)(H,21,22). The summed E-state index contributed by atoms with van der Waals surface area (Å²) in [5.74, 6) is -1.47. The van der Waals surface area contributed by atoms with Crippen molar-refractivity contribution >= 4 is 29.2 Å². The highest BCUT2D eigenvalue weighted by atomic mass is 35.5. The first-order valence-electron chi connectivity index (χ1n) is 6.66. The van der Waals surface area contributed by atoms with E-state index in [1.54, 1.807) is 24.3 Å². The van der Waals surface area contributed by atoms with Gasteiger partial charge in [0.1, 0.15) is 11.5 Å². The van der Waals surface area contributed by atoms with E-state index in [4.69, 9.17) is 21.4 Å². The fourth-order valence-electron chi connectivity index (χ4n) is 1.77. The van der Waals surface area contributed by atoms with Crippen LogP contribution in [0.5, 0.6) is 11.5 Å². The molecule has 7 heteroatoms. The Bertz CT molecular complexity index is 730. The molecule has 0 saturated heterocycles. The van der Waals surface area contributed by atoms with Crippen molar-refractivity contribution in [3.63, 3.8) is 0 Å². The fourth-order valence-corrected chi connectivity index (χ4v) is 1.90. The summed E-state index contributed by atoms with van der Waals surface area (Å²) in [6.07, 6.45) is -0.857. The summed E-state index contributed by atoms with van der Waals surface area (Å²) in [5.41, 5.74) is -0.0502. The Labute approximate surface area is 137 Å². The van der Waals surface area contributed by atoms with Gasteiger partial charge in [-0.2, -0.15) is 0 Å². The fraction of sp³-hybridized carbons (Fsp3) is 0.125. The largest absolute Gasteiger partial charge is 0.506 e. The number of ether oxygens (including phenoxy) is 1. The van der Waals surface area contributed by atoms with Crippen LogP contribution in [0, 0.1) is 0 Å². The number of rotatable bonds is 5. The van der Waals surface area contributed by atoms with Gasteiger partial charge in [-0.25, -0.2) is 4.79 Å². The van der Waals surface area contributed by atoms with Crippen molar-refractivity contribution in [2.24, 2.45) is 0 Å². The van der Waals surface area contributed by atoms with Crippen LogP contribution in [0.4, 0.5) is 5.69 Å². The summed E-state index contributed by atoms with van der Waals surface area (Å²) in [5, 5.41) is 21.6. The van der Waals surface area contributed by atoms with Gasteiger partial charge in [-0.05, 0) is 49.4 Å². The van der Waals surface area contributed by atoms with E-state index in [-0.39, 0.29) is 17.0 Å². The third-order valence-corrected chi connectivity index (χ3v) is 3.25. The minimum Gasteiger partial charge on any atom is -0.506 e. The van der Waals surface area contributed by atoms with Crippen molar-refractivity contribution in [3.8, 4) is 11.5 Å². The first-order valence-corrected chi connectivity index (χ1v) is 7.04. The number of carbonyl (C=O) groups excluding carboxylic acids is 1. The number of nitrogens with one attached hydrogen (secondary N) is 1. The molecular weight excluding hydrogens is 322 g/mol. The van der Waals surface area contributed by atoms with Crippen molar-refractivity contribution in [2.45, 2.75) is 13.0 Å². The summed E-state index contributed by atoms with van der Waals surface area (Å²) in [6.45, 7) is 1.53. The Morgan fingerprint density at radius 3 is 2.43 bits per heavy atom. The highest BCUT2D eigenvalue weighted by Gasteiger charge is 2.17. The van der Waals surface area contributed by atoms with E-state index in [0.717, 1.165) is 0 Å². The third-order valence-electron chi connectivity index (χ3n) is 3.00. The Kier molecular flexibility index (Phi) is 5.08. The van der Waals surface area contributed by atoms with Gasteiger partial charge in [0.15, 0.2) is 6.10 Å². The molecule has 0 aliphatic heterocycles. The number of carboxylic acids is 1. The van der Waals surface area contributed by atoms with Gasteiger partial charge in [0.05, 0.1) is 11.3 Å². The second-order valence-electron chi connectivity index (χ2n) is 4.74. The molecule has 1 atom stereocenters. The number of phenols is 1. The number of halogens is 1. The van der Waals surface area contributed by atoms with E-state index in [1.165, 1.54) is 25.1 Å². The number of hydrogen-bond acceptors (Lipinski definition) is 4. The van der Waals surface area contributed by atoms with E-state index >= 15 is 0 Å². The molecule has 2 aromatic carbocycles. The van der Waals surface area contributed by atoms with Crippen molar-refractivity contribution in [1.29, 1.82) is 0 Å². The zero-order chi connectivity index (χ0) is 17.0. The molecule has 0 bridgehead atoms. The molecule has 0 saturated carbocycles. The van der Waals surface area contributed by atoms with Crippen molar-refractivity contribution < 1.29 is 24.5 Å².